The van der Waals surface area contributed by atoms with Crippen LogP contribution in [-0.2, 0) is 30.8 Å². The normalized spacial score (nSPS) is 15.7. The molecule has 1 aliphatic rings. The molecule has 34 heavy (non-hydrogen) atoms. The first-order chi connectivity index (χ1) is 16.4. The van der Waals surface area contributed by atoms with Crippen LogP contribution >= 0.6 is 11.3 Å². The van der Waals surface area contributed by atoms with Crippen molar-refractivity contribution in [3.05, 3.63) is 82.7 Å². The summed E-state index contributed by atoms with van der Waals surface area (Å²) in [5, 5.41) is 13.2. The number of hydrogen-bond acceptors (Lipinski definition) is 7. The summed E-state index contributed by atoms with van der Waals surface area (Å²) in [4.78, 5) is 24.9. The van der Waals surface area contributed by atoms with Crippen LogP contribution in [0.3, 0.4) is 0 Å². The van der Waals surface area contributed by atoms with Crippen molar-refractivity contribution < 1.29 is 22.7 Å². The number of carbonyl (C=O) groups excluding carboxylic acids is 2. The van der Waals surface area contributed by atoms with Gasteiger partial charge in [0.2, 0.25) is 0 Å². The van der Waals surface area contributed by atoms with Gasteiger partial charge in [-0.05, 0) is 47.2 Å². The van der Waals surface area contributed by atoms with Gasteiger partial charge in [0.25, 0.3) is 15.9 Å². The molecule has 0 saturated heterocycles. The Morgan fingerprint density at radius 1 is 1.15 bits per heavy atom. The molecule has 0 fully saturated rings. The van der Waals surface area contributed by atoms with Crippen molar-refractivity contribution in [2.75, 3.05) is 18.5 Å². The number of hydrogen-bond donors (Lipinski definition) is 1. The average molecular weight is 496 g/mol. The Morgan fingerprint density at radius 3 is 2.74 bits per heavy atom. The minimum absolute atomic E-state index is 0.212. The van der Waals surface area contributed by atoms with Crippen LogP contribution in [-0.4, -0.2) is 37.8 Å². The van der Waals surface area contributed by atoms with E-state index in [4.69, 9.17) is 10.00 Å². The molecule has 3 aromatic rings. The average Bonchev–Trinajstić information content (AvgIpc) is 3.39. The van der Waals surface area contributed by atoms with E-state index >= 15 is 0 Å². The number of nitrogens with zero attached hydrogens (tertiary/aromatic N) is 2. The minimum atomic E-state index is -3.80. The number of fused-ring (bicyclic) bond motifs is 1. The maximum Gasteiger partial charge on any atom is 0.308 e. The largest absolute Gasteiger partial charge is 0.456 e. The van der Waals surface area contributed by atoms with Crippen LogP contribution in [0.4, 0.5) is 5.69 Å². The zero-order valence-electron chi connectivity index (χ0n) is 18.0. The van der Waals surface area contributed by atoms with E-state index in [1.165, 1.54) is 10.4 Å². The maximum atomic E-state index is 13.3. The van der Waals surface area contributed by atoms with Crippen LogP contribution in [0, 0.1) is 11.3 Å². The Balaban J connectivity index is 1.46. The predicted molar refractivity (Wildman–Crippen MR) is 126 cm³/mol. The van der Waals surface area contributed by atoms with Gasteiger partial charge in [0.1, 0.15) is 4.21 Å². The molecule has 0 bridgehead atoms. The molecule has 1 aliphatic heterocycles. The van der Waals surface area contributed by atoms with Gasteiger partial charge in [-0.3, -0.25) is 9.59 Å². The van der Waals surface area contributed by atoms with Crippen LogP contribution in [0.1, 0.15) is 29.2 Å². The number of benzene rings is 2. The summed E-state index contributed by atoms with van der Waals surface area (Å²) in [6.45, 7) is -0.285. The second-order valence-corrected chi connectivity index (χ2v) is 10.7. The van der Waals surface area contributed by atoms with Crippen molar-refractivity contribution in [2.45, 2.75) is 23.1 Å². The third kappa shape index (κ3) is 5.17. The second kappa shape index (κ2) is 10.2. The molecule has 0 aliphatic carbocycles. The highest BCUT2D eigenvalue weighted by molar-refractivity contribution is 7.91. The molecular weight excluding hydrogens is 474 g/mol. The number of anilines is 1. The van der Waals surface area contributed by atoms with E-state index in [9.17, 15) is 18.0 Å². The van der Waals surface area contributed by atoms with Crippen molar-refractivity contribution in [3.8, 4) is 6.07 Å². The summed E-state index contributed by atoms with van der Waals surface area (Å²) in [5.74, 6) is -1.25. The van der Waals surface area contributed by atoms with Crippen molar-refractivity contribution >= 4 is 38.9 Å². The van der Waals surface area contributed by atoms with Crippen LogP contribution in [0.25, 0.3) is 0 Å². The van der Waals surface area contributed by atoms with Gasteiger partial charge in [0, 0.05) is 12.2 Å². The molecule has 2 aromatic carbocycles. The standard InChI is InChI=1S/C24H21N3O5S2/c25-15-17-5-3-7-19(13-17)26-22(28)16-32-23(29)14-21-20-8-2-1-6-18(20)10-11-27(21)34(30,31)24-9-4-12-33-24/h1-9,12-13,21H,10-11,14,16H2,(H,26,28). The van der Waals surface area contributed by atoms with E-state index in [1.807, 2.05) is 24.3 Å². The number of esters is 1. The molecule has 2 heterocycles. The first-order valence-corrected chi connectivity index (χ1v) is 12.8. The van der Waals surface area contributed by atoms with Gasteiger partial charge < -0.3 is 10.1 Å². The molecule has 1 amide bonds. The lowest BCUT2D eigenvalue weighted by molar-refractivity contribution is -0.148. The van der Waals surface area contributed by atoms with Gasteiger partial charge >= 0.3 is 5.97 Å². The Kier molecular flexibility index (Phi) is 7.07. The fourth-order valence-corrected chi connectivity index (χ4v) is 6.61. The Morgan fingerprint density at radius 2 is 1.97 bits per heavy atom. The number of carbonyl (C=O) groups is 2. The highest BCUT2D eigenvalue weighted by Crippen LogP contribution is 2.37. The number of ether oxygens (including phenoxy) is 1. The van der Waals surface area contributed by atoms with Crippen LogP contribution in [0.15, 0.2) is 70.3 Å². The maximum absolute atomic E-state index is 13.3. The van der Waals surface area contributed by atoms with Gasteiger partial charge in [-0.25, -0.2) is 8.42 Å². The third-order valence-corrected chi connectivity index (χ3v) is 8.70. The minimum Gasteiger partial charge on any atom is -0.456 e. The molecule has 0 spiro atoms. The second-order valence-electron chi connectivity index (χ2n) is 7.62. The van der Waals surface area contributed by atoms with Crippen LogP contribution in [0.2, 0.25) is 0 Å². The molecule has 10 heteroatoms. The molecule has 4 rings (SSSR count). The number of nitrogens with one attached hydrogen (secondary N) is 1. The van der Waals surface area contributed by atoms with E-state index in [2.05, 4.69) is 5.32 Å². The molecule has 1 atom stereocenters. The predicted octanol–water partition coefficient (Wildman–Crippen LogP) is 3.48. The van der Waals surface area contributed by atoms with Gasteiger partial charge in [0.15, 0.2) is 6.61 Å². The summed E-state index contributed by atoms with van der Waals surface area (Å²) in [7, 11) is -3.80. The smallest absolute Gasteiger partial charge is 0.308 e. The molecule has 174 valence electrons. The lowest BCUT2D eigenvalue weighted by Gasteiger charge is -2.35. The quantitative estimate of drug-likeness (QED) is 0.502. The monoisotopic (exact) mass is 495 g/mol. The highest BCUT2D eigenvalue weighted by atomic mass is 32.2. The number of thiophene rings is 1. The molecule has 1 unspecified atom stereocenters. The van der Waals surface area contributed by atoms with E-state index in [0.717, 1.165) is 22.5 Å². The Labute approximate surface area is 201 Å². The number of rotatable bonds is 7. The highest BCUT2D eigenvalue weighted by Gasteiger charge is 2.38. The number of nitriles is 1. The summed E-state index contributed by atoms with van der Waals surface area (Å²) in [6.07, 6.45) is 0.315. The molecular formula is C24H21N3O5S2. The van der Waals surface area contributed by atoms with Crippen molar-refractivity contribution in [1.29, 1.82) is 5.26 Å². The van der Waals surface area contributed by atoms with Gasteiger partial charge in [0.05, 0.1) is 24.1 Å². The van der Waals surface area contributed by atoms with E-state index < -0.39 is 34.5 Å². The molecule has 8 nitrogen and oxygen atoms in total. The molecule has 1 N–H and O–H groups in total. The van der Waals surface area contributed by atoms with Gasteiger partial charge in [-0.1, -0.05) is 36.4 Å². The zero-order valence-corrected chi connectivity index (χ0v) is 19.6. The zero-order chi connectivity index (χ0) is 24.1. The first-order valence-electron chi connectivity index (χ1n) is 10.5. The van der Waals surface area contributed by atoms with Crippen LogP contribution < -0.4 is 5.32 Å². The van der Waals surface area contributed by atoms with Gasteiger partial charge in [-0.15, -0.1) is 11.3 Å². The molecule has 1 aromatic heterocycles. The first kappa shape index (κ1) is 23.6. The summed E-state index contributed by atoms with van der Waals surface area (Å²) in [6, 6.07) is 18.2. The lowest BCUT2D eigenvalue weighted by atomic mass is 9.92. The Hall–Kier alpha value is -3.52. The molecule has 0 saturated carbocycles. The van der Waals surface area contributed by atoms with Gasteiger partial charge in [-0.2, -0.15) is 9.57 Å². The molecule has 0 radical (unpaired) electrons. The van der Waals surface area contributed by atoms with E-state index in [0.29, 0.717) is 17.7 Å². The summed E-state index contributed by atoms with van der Waals surface area (Å²) >= 11 is 1.12. The fraction of sp³-hybridized carbons (Fsp3) is 0.208. The van der Waals surface area contributed by atoms with Crippen molar-refractivity contribution in [3.63, 3.8) is 0 Å². The Bertz CT molecular complexity index is 1350. The fourth-order valence-electron chi connectivity index (χ4n) is 3.88. The number of amides is 1. The third-order valence-electron chi connectivity index (χ3n) is 5.42. The summed E-state index contributed by atoms with van der Waals surface area (Å²) < 4.78 is 33.3. The van der Waals surface area contributed by atoms with E-state index in [1.54, 1.807) is 41.8 Å². The SMILES string of the molecule is N#Cc1cccc(NC(=O)COC(=O)CC2c3ccccc3CCN2S(=O)(=O)c2cccs2)c1. The number of sulfonamides is 1. The topological polar surface area (TPSA) is 117 Å². The van der Waals surface area contributed by atoms with E-state index in [-0.39, 0.29) is 17.2 Å². The summed E-state index contributed by atoms with van der Waals surface area (Å²) in [5.41, 5.74) is 2.53. The van der Waals surface area contributed by atoms with Crippen molar-refractivity contribution in [1.82, 2.24) is 4.31 Å². The van der Waals surface area contributed by atoms with Crippen LogP contribution in [0.5, 0.6) is 0 Å². The lowest BCUT2D eigenvalue weighted by Crippen LogP contribution is -2.41. The van der Waals surface area contributed by atoms with Crippen molar-refractivity contribution in [2.24, 2.45) is 0 Å².